The number of benzene rings is 1. The Kier molecular flexibility index (Phi) is 4.47. The van der Waals surface area contributed by atoms with E-state index in [9.17, 15) is 9.59 Å². The number of alkyl halides is 1. The first kappa shape index (κ1) is 12.4. The average Bonchev–Trinajstić information content (AvgIpc) is 2.20. The van der Waals surface area contributed by atoms with Crippen LogP contribution in [0, 0.1) is 0 Å². The highest BCUT2D eigenvalue weighted by Gasteiger charge is 2.09. The first-order chi connectivity index (χ1) is 7.04. The summed E-state index contributed by atoms with van der Waals surface area (Å²) in [5.41, 5.74) is 1.00. The van der Waals surface area contributed by atoms with Crippen molar-refractivity contribution in [1.29, 1.82) is 0 Å². The van der Waals surface area contributed by atoms with Crippen molar-refractivity contribution in [3.8, 4) is 0 Å². The fourth-order valence-corrected chi connectivity index (χ4v) is 1.80. The normalized spacial score (nSPS) is 10.0. The number of hydrogen-bond donors (Lipinski definition) is 1. The van der Waals surface area contributed by atoms with Crippen LogP contribution in [0.25, 0.3) is 0 Å². The smallest absolute Gasteiger partial charge is 0.335 e. The Morgan fingerprint density at radius 1 is 1.33 bits per heavy atom. The highest BCUT2D eigenvalue weighted by molar-refractivity contribution is 9.10. The predicted octanol–water partition coefficient (Wildman–Crippen LogP) is 2.65. The number of hydrogen-bond acceptors (Lipinski definition) is 2. The van der Waals surface area contributed by atoms with Crippen LogP contribution in [0.4, 0.5) is 0 Å². The van der Waals surface area contributed by atoms with Gasteiger partial charge in [0.2, 0.25) is 0 Å². The Bertz CT molecular complexity index is 402. The van der Waals surface area contributed by atoms with Crippen molar-refractivity contribution < 1.29 is 14.7 Å². The van der Waals surface area contributed by atoms with E-state index in [1.165, 1.54) is 12.1 Å². The number of halogens is 2. The maximum absolute atomic E-state index is 11.2. The molecule has 0 aliphatic heterocycles. The molecule has 0 heterocycles. The van der Waals surface area contributed by atoms with Gasteiger partial charge in [-0.05, 0) is 17.7 Å². The summed E-state index contributed by atoms with van der Waals surface area (Å²) in [4.78, 5) is 21.8. The van der Waals surface area contributed by atoms with E-state index >= 15 is 0 Å². The molecule has 0 aromatic heterocycles. The summed E-state index contributed by atoms with van der Waals surface area (Å²) in [6, 6.07) is 4.64. The molecule has 1 aromatic carbocycles. The first-order valence-electron chi connectivity index (χ1n) is 4.14. The van der Waals surface area contributed by atoms with E-state index in [0.717, 1.165) is 5.56 Å². The van der Waals surface area contributed by atoms with Crippen LogP contribution < -0.4 is 0 Å². The molecule has 0 spiro atoms. The number of carboxylic acid groups (broad SMARTS) is 1. The Hall–Kier alpha value is -0.680. The molecule has 0 atom stereocenters. The minimum absolute atomic E-state index is 0.0544. The summed E-state index contributed by atoms with van der Waals surface area (Å²) in [6.45, 7) is 0. The van der Waals surface area contributed by atoms with Crippen molar-refractivity contribution in [2.75, 3.05) is 5.33 Å². The van der Waals surface area contributed by atoms with Gasteiger partial charge >= 0.3 is 5.97 Å². The highest BCUT2D eigenvalue weighted by Crippen LogP contribution is 2.19. The maximum atomic E-state index is 11.2. The lowest BCUT2D eigenvalue weighted by molar-refractivity contribution is -0.115. The third-order valence-electron chi connectivity index (χ3n) is 1.84. The largest absolute Gasteiger partial charge is 0.478 e. The van der Waals surface area contributed by atoms with E-state index in [4.69, 9.17) is 5.11 Å². The molecule has 5 heteroatoms. The molecule has 0 fully saturated rings. The van der Waals surface area contributed by atoms with E-state index in [0.29, 0.717) is 16.2 Å². The fourth-order valence-electron chi connectivity index (χ4n) is 1.08. The number of carboxylic acids is 1. The average molecular weight is 336 g/mol. The van der Waals surface area contributed by atoms with Gasteiger partial charge in [-0.3, -0.25) is 4.79 Å². The molecular formula is C10H8Br2O3. The van der Waals surface area contributed by atoms with Gasteiger partial charge in [0.15, 0.2) is 0 Å². The Morgan fingerprint density at radius 2 is 2.00 bits per heavy atom. The Morgan fingerprint density at radius 3 is 2.47 bits per heavy atom. The van der Waals surface area contributed by atoms with Crippen LogP contribution in [-0.4, -0.2) is 22.2 Å². The number of ketones is 1. The zero-order chi connectivity index (χ0) is 11.4. The molecule has 0 unspecified atom stereocenters. The van der Waals surface area contributed by atoms with Crippen LogP contribution in [0.3, 0.4) is 0 Å². The fraction of sp³-hybridized carbons (Fsp3) is 0.200. The molecular weight excluding hydrogens is 328 g/mol. The van der Waals surface area contributed by atoms with Gasteiger partial charge in [-0.25, -0.2) is 4.79 Å². The summed E-state index contributed by atoms with van der Waals surface area (Å²) >= 11 is 6.32. The van der Waals surface area contributed by atoms with Crippen LogP contribution in [0.5, 0.6) is 0 Å². The molecule has 15 heavy (non-hydrogen) atoms. The molecule has 1 aromatic rings. The molecule has 1 rings (SSSR count). The van der Waals surface area contributed by atoms with Gasteiger partial charge < -0.3 is 5.11 Å². The third kappa shape index (κ3) is 3.43. The topological polar surface area (TPSA) is 54.4 Å². The van der Waals surface area contributed by atoms with Gasteiger partial charge in [0.1, 0.15) is 5.78 Å². The first-order valence-corrected chi connectivity index (χ1v) is 6.05. The van der Waals surface area contributed by atoms with Crippen LogP contribution in [0.2, 0.25) is 0 Å². The molecule has 0 aliphatic rings. The zero-order valence-electron chi connectivity index (χ0n) is 7.67. The van der Waals surface area contributed by atoms with Gasteiger partial charge in [-0.15, -0.1) is 0 Å². The molecule has 0 radical (unpaired) electrons. The summed E-state index contributed by atoms with van der Waals surface area (Å²) < 4.78 is 0.650. The zero-order valence-corrected chi connectivity index (χ0v) is 10.8. The second-order valence-electron chi connectivity index (χ2n) is 2.96. The minimum atomic E-state index is -0.978. The number of rotatable bonds is 4. The number of carbonyl (C=O) groups excluding carboxylic acids is 1. The van der Waals surface area contributed by atoms with Gasteiger partial charge in [-0.2, -0.15) is 0 Å². The Balaban J connectivity index is 2.93. The van der Waals surface area contributed by atoms with Crippen molar-refractivity contribution in [1.82, 2.24) is 0 Å². The monoisotopic (exact) mass is 334 g/mol. The van der Waals surface area contributed by atoms with Crippen LogP contribution >= 0.6 is 31.9 Å². The van der Waals surface area contributed by atoms with E-state index in [1.54, 1.807) is 6.07 Å². The number of carbonyl (C=O) groups is 2. The number of Topliss-reactive ketones (excluding diaryl/α,β-unsaturated/α-hetero) is 1. The van der Waals surface area contributed by atoms with Crippen molar-refractivity contribution in [3.63, 3.8) is 0 Å². The van der Waals surface area contributed by atoms with Crippen LogP contribution in [-0.2, 0) is 11.2 Å². The highest BCUT2D eigenvalue weighted by atomic mass is 79.9. The van der Waals surface area contributed by atoms with Gasteiger partial charge in [0.25, 0.3) is 0 Å². The second-order valence-corrected chi connectivity index (χ2v) is 4.38. The summed E-state index contributed by atoms with van der Waals surface area (Å²) in [5, 5.41) is 9.04. The lowest BCUT2D eigenvalue weighted by Crippen LogP contribution is -2.05. The van der Waals surface area contributed by atoms with Crippen molar-refractivity contribution >= 4 is 43.6 Å². The van der Waals surface area contributed by atoms with E-state index in [2.05, 4.69) is 31.9 Å². The molecule has 0 saturated heterocycles. The van der Waals surface area contributed by atoms with Gasteiger partial charge in [-0.1, -0.05) is 37.9 Å². The maximum Gasteiger partial charge on any atom is 0.335 e. The van der Waals surface area contributed by atoms with Crippen molar-refractivity contribution in [2.24, 2.45) is 0 Å². The van der Waals surface area contributed by atoms with Crippen molar-refractivity contribution in [2.45, 2.75) is 6.42 Å². The van der Waals surface area contributed by atoms with Crippen LogP contribution in [0.15, 0.2) is 22.7 Å². The van der Waals surface area contributed by atoms with E-state index < -0.39 is 5.97 Å². The molecule has 3 nitrogen and oxygen atoms in total. The predicted molar refractivity (Wildman–Crippen MR) is 63.6 cm³/mol. The molecule has 0 saturated carbocycles. The number of aromatic carboxylic acids is 1. The summed E-state index contributed by atoms with van der Waals surface area (Å²) in [6.07, 6.45) is 0.297. The lowest BCUT2D eigenvalue weighted by atomic mass is 10.1. The van der Waals surface area contributed by atoms with Crippen molar-refractivity contribution in [3.05, 3.63) is 33.8 Å². The van der Waals surface area contributed by atoms with Gasteiger partial charge in [0, 0.05) is 10.9 Å². The quantitative estimate of drug-likeness (QED) is 0.861. The minimum Gasteiger partial charge on any atom is -0.478 e. The van der Waals surface area contributed by atoms with Gasteiger partial charge in [0.05, 0.1) is 10.9 Å². The lowest BCUT2D eigenvalue weighted by Gasteiger charge is -2.03. The second kappa shape index (κ2) is 5.42. The Labute approximate surface area is 104 Å². The third-order valence-corrected chi connectivity index (χ3v) is 3.20. The molecule has 0 aliphatic carbocycles. The molecule has 0 amide bonds. The summed E-state index contributed by atoms with van der Waals surface area (Å²) in [5.74, 6) is -0.923. The molecule has 1 N–H and O–H groups in total. The standard InChI is InChI=1S/C10H8Br2O3/c11-5-8(13)3-6-1-2-7(10(14)15)4-9(6)12/h1-2,4H,3,5H2,(H,14,15). The van der Waals surface area contributed by atoms with E-state index in [-0.39, 0.29) is 11.3 Å². The SMILES string of the molecule is O=C(CBr)Cc1ccc(C(=O)O)cc1Br. The van der Waals surface area contributed by atoms with E-state index in [1.807, 2.05) is 0 Å². The molecule has 80 valence electrons. The summed E-state index contributed by atoms with van der Waals surface area (Å²) in [7, 11) is 0. The molecule has 0 bridgehead atoms. The van der Waals surface area contributed by atoms with Crippen LogP contribution in [0.1, 0.15) is 15.9 Å².